The molecular formula is C24H24N4O3S. The summed E-state index contributed by atoms with van der Waals surface area (Å²) in [6.45, 7) is 4.66. The fourth-order valence-electron chi connectivity index (χ4n) is 3.40. The van der Waals surface area contributed by atoms with Gasteiger partial charge in [-0.3, -0.25) is 5.43 Å². The number of nitrogens with one attached hydrogen (secondary N) is 1. The highest BCUT2D eigenvalue weighted by Crippen LogP contribution is 2.43. The highest BCUT2D eigenvalue weighted by molar-refractivity contribution is 7.23. The number of methoxy groups -OCH3 is 2. The molecule has 4 rings (SSSR count). The van der Waals surface area contributed by atoms with Gasteiger partial charge in [-0.25, -0.2) is 9.97 Å². The summed E-state index contributed by atoms with van der Waals surface area (Å²) in [5.74, 6) is 2.83. The van der Waals surface area contributed by atoms with Crippen LogP contribution in [-0.4, -0.2) is 37.0 Å². The van der Waals surface area contributed by atoms with E-state index in [1.54, 1.807) is 38.1 Å². The fourth-order valence-corrected chi connectivity index (χ4v) is 4.63. The van der Waals surface area contributed by atoms with Gasteiger partial charge >= 0.3 is 0 Å². The maximum Gasteiger partial charge on any atom is 0.167 e. The van der Waals surface area contributed by atoms with Crippen LogP contribution in [0.4, 0.5) is 5.82 Å². The lowest BCUT2D eigenvalue weighted by Gasteiger charge is -2.09. The zero-order chi connectivity index (χ0) is 22.5. The summed E-state index contributed by atoms with van der Waals surface area (Å²) in [5, 5.41) is 4.37. The van der Waals surface area contributed by atoms with E-state index in [1.807, 2.05) is 43.3 Å². The third kappa shape index (κ3) is 4.22. The van der Waals surface area contributed by atoms with Crippen LogP contribution in [-0.2, 0) is 0 Å². The van der Waals surface area contributed by atoms with E-state index in [2.05, 4.69) is 33.5 Å². The number of thiophene rings is 1. The Morgan fingerprint density at radius 2 is 1.84 bits per heavy atom. The fraction of sp³-hybridized carbons (Fsp3) is 0.208. The van der Waals surface area contributed by atoms with E-state index in [4.69, 9.17) is 14.2 Å². The van der Waals surface area contributed by atoms with Crippen molar-refractivity contribution in [2.45, 2.75) is 13.8 Å². The van der Waals surface area contributed by atoms with Crippen molar-refractivity contribution >= 4 is 33.6 Å². The summed E-state index contributed by atoms with van der Waals surface area (Å²) in [7, 11) is 3.21. The minimum absolute atomic E-state index is 0.610. The molecular weight excluding hydrogens is 424 g/mol. The van der Waals surface area contributed by atoms with Gasteiger partial charge in [-0.15, -0.1) is 11.3 Å². The molecule has 0 saturated carbocycles. The molecule has 0 fully saturated rings. The second kappa shape index (κ2) is 9.65. The molecule has 0 atom stereocenters. The largest absolute Gasteiger partial charge is 0.493 e. The molecule has 0 amide bonds. The van der Waals surface area contributed by atoms with Crippen LogP contribution in [0, 0.1) is 6.92 Å². The number of hydrogen-bond donors (Lipinski definition) is 1. The molecule has 0 bridgehead atoms. The summed E-state index contributed by atoms with van der Waals surface area (Å²) in [5.41, 5.74) is 6.97. The molecule has 2 aromatic heterocycles. The summed E-state index contributed by atoms with van der Waals surface area (Å²) in [6.07, 6.45) is 3.26. The van der Waals surface area contributed by atoms with Crippen molar-refractivity contribution < 1.29 is 14.2 Å². The number of benzene rings is 2. The number of rotatable bonds is 8. The van der Waals surface area contributed by atoms with Gasteiger partial charge in [0.25, 0.3) is 0 Å². The Kier molecular flexibility index (Phi) is 6.51. The van der Waals surface area contributed by atoms with Crippen LogP contribution in [0.1, 0.15) is 18.1 Å². The molecule has 32 heavy (non-hydrogen) atoms. The summed E-state index contributed by atoms with van der Waals surface area (Å²) in [4.78, 5) is 10.0. The SMILES string of the molecule is CCOc1ccccc1-c1sc2c(NN=Cc3ccc(OC)c(OC)c3)ncnc2c1C. The number of hydrogen-bond acceptors (Lipinski definition) is 8. The minimum atomic E-state index is 0.610. The molecule has 164 valence electrons. The first-order valence-corrected chi connectivity index (χ1v) is 10.9. The number of fused-ring (bicyclic) bond motifs is 1. The molecule has 0 radical (unpaired) electrons. The lowest BCUT2D eigenvalue weighted by atomic mass is 10.1. The summed E-state index contributed by atoms with van der Waals surface area (Å²) in [6, 6.07) is 13.7. The molecule has 4 aromatic rings. The van der Waals surface area contributed by atoms with Crippen molar-refractivity contribution in [3.05, 3.63) is 59.9 Å². The van der Waals surface area contributed by atoms with Crippen molar-refractivity contribution in [2.24, 2.45) is 5.10 Å². The predicted octanol–water partition coefficient (Wildman–Crippen LogP) is 5.53. The molecule has 0 spiro atoms. The molecule has 0 aliphatic heterocycles. The Labute approximate surface area is 190 Å². The molecule has 0 unspecified atom stereocenters. The lowest BCUT2D eigenvalue weighted by Crippen LogP contribution is -1.96. The molecule has 7 nitrogen and oxygen atoms in total. The van der Waals surface area contributed by atoms with Crippen LogP contribution >= 0.6 is 11.3 Å². The maximum atomic E-state index is 5.83. The standard InChI is InChI=1S/C24H24N4O3S/c1-5-31-18-9-7-6-8-17(18)22-15(2)21-23(32-22)24(26-14-25-21)28-27-13-16-10-11-19(29-3)20(12-16)30-4/h6-14H,5H2,1-4H3,(H,25,26,28). The molecule has 2 aromatic carbocycles. The van der Waals surface area contributed by atoms with Crippen LogP contribution in [0.3, 0.4) is 0 Å². The lowest BCUT2D eigenvalue weighted by molar-refractivity contribution is 0.341. The number of para-hydroxylation sites is 1. The number of nitrogens with zero attached hydrogens (tertiary/aromatic N) is 3. The zero-order valence-electron chi connectivity index (χ0n) is 18.4. The number of aromatic nitrogens is 2. The zero-order valence-corrected chi connectivity index (χ0v) is 19.2. The quantitative estimate of drug-likeness (QED) is 0.282. The van der Waals surface area contributed by atoms with E-state index in [1.165, 1.54) is 0 Å². The van der Waals surface area contributed by atoms with Gasteiger partial charge < -0.3 is 14.2 Å². The number of ether oxygens (including phenoxy) is 3. The van der Waals surface area contributed by atoms with E-state index in [9.17, 15) is 0 Å². The summed E-state index contributed by atoms with van der Waals surface area (Å²) >= 11 is 1.62. The van der Waals surface area contributed by atoms with Crippen molar-refractivity contribution in [3.8, 4) is 27.7 Å². The second-order valence-corrected chi connectivity index (χ2v) is 7.89. The van der Waals surface area contributed by atoms with E-state index >= 15 is 0 Å². The van der Waals surface area contributed by atoms with Crippen molar-refractivity contribution in [1.82, 2.24) is 9.97 Å². The first-order chi connectivity index (χ1) is 15.7. The molecule has 0 aliphatic carbocycles. The van der Waals surface area contributed by atoms with Gasteiger partial charge in [0.2, 0.25) is 0 Å². The van der Waals surface area contributed by atoms with Crippen molar-refractivity contribution in [3.63, 3.8) is 0 Å². The Bertz CT molecular complexity index is 1270. The van der Waals surface area contributed by atoms with Crippen LogP contribution < -0.4 is 19.6 Å². The molecule has 2 heterocycles. The molecule has 0 aliphatic rings. The third-order valence-corrected chi connectivity index (χ3v) is 6.25. The van der Waals surface area contributed by atoms with Crippen molar-refractivity contribution in [2.75, 3.05) is 26.3 Å². The molecule has 0 saturated heterocycles. The molecule has 8 heteroatoms. The Morgan fingerprint density at radius 1 is 1.03 bits per heavy atom. The van der Waals surface area contributed by atoms with Crippen LogP contribution in [0.5, 0.6) is 17.2 Å². The summed E-state index contributed by atoms with van der Waals surface area (Å²) < 4.78 is 17.4. The monoisotopic (exact) mass is 448 g/mol. The van der Waals surface area contributed by atoms with E-state index in [0.717, 1.165) is 37.5 Å². The van der Waals surface area contributed by atoms with Gasteiger partial charge in [0.15, 0.2) is 17.3 Å². The number of anilines is 1. The highest BCUT2D eigenvalue weighted by atomic mass is 32.1. The van der Waals surface area contributed by atoms with Crippen molar-refractivity contribution in [1.29, 1.82) is 0 Å². The van der Waals surface area contributed by atoms with Gasteiger partial charge in [-0.2, -0.15) is 5.10 Å². The first-order valence-electron chi connectivity index (χ1n) is 10.1. The van der Waals surface area contributed by atoms with Gasteiger partial charge in [-0.05, 0) is 55.3 Å². The first kappa shape index (κ1) is 21.6. The van der Waals surface area contributed by atoms with Crippen LogP contribution in [0.25, 0.3) is 20.7 Å². The molecule has 1 N–H and O–H groups in total. The number of hydrazone groups is 1. The van der Waals surface area contributed by atoms with Gasteiger partial charge in [0, 0.05) is 10.4 Å². The van der Waals surface area contributed by atoms with Gasteiger partial charge in [0.1, 0.15) is 12.1 Å². The van der Waals surface area contributed by atoms with Crippen LogP contribution in [0.15, 0.2) is 53.9 Å². The second-order valence-electron chi connectivity index (χ2n) is 6.87. The predicted molar refractivity (Wildman–Crippen MR) is 130 cm³/mol. The van der Waals surface area contributed by atoms with Crippen LogP contribution in [0.2, 0.25) is 0 Å². The van der Waals surface area contributed by atoms with E-state index in [0.29, 0.717) is 23.9 Å². The normalized spacial score (nSPS) is 11.1. The highest BCUT2D eigenvalue weighted by Gasteiger charge is 2.17. The van der Waals surface area contributed by atoms with E-state index < -0.39 is 0 Å². The Morgan fingerprint density at radius 3 is 2.62 bits per heavy atom. The van der Waals surface area contributed by atoms with E-state index in [-0.39, 0.29) is 0 Å². The van der Waals surface area contributed by atoms with Gasteiger partial charge in [-0.1, -0.05) is 12.1 Å². The average Bonchev–Trinajstić information content (AvgIpc) is 3.16. The minimum Gasteiger partial charge on any atom is -0.493 e. The third-order valence-electron chi connectivity index (χ3n) is 4.93. The Hall–Kier alpha value is -3.65. The number of aryl methyl sites for hydroxylation is 1. The average molecular weight is 449 g/mol. The van der Waals surface area contributed by atoms with Gasteiger partial charge in [0.05, 0.1) is 37.3 Å². The topological polar surface area (TPSA) is 77.9 Å². The maximum absolute atomic E-state index is 5.83. The Balaban J connectivity index is 1.65. The smallest absolute Gasteiger partial charge is 0.167 e.